The third-order valence-electron chi connectivity index (χ3n) is 2.72. The van der Waals surface area contributed by atoms with E-state index < -0.39 is 12.9 Å². The van der Waals surface area contributed by atoms with E-state index in [1.54, 1.807) is 30.3 Å². The van der Waals surface area contributed by atoms with Crippen LogP contribution < -0.4 is 10.2 Å². The lowest BCUT2D eigenvalue weighted by Gasteiger charge is -2.07. The molecule has 0 radical (unpaired) electrons. The molecule has 0 unspecified atom stereocenters. The number of benzene rings is 2. The molecule has 2 aromatic rings. The molecule has 4 nitrogen and oxygen atoms in total. The van der Waals surface area contributed by atoms with Gasteiger partial charge in [-0.1, -0.05) is 36.4 Å². The first-order valence-corrected chi connectivity index (χ1v) is 5.94. The molecule has 0 aliphatic carbocycles. The van der Waals surface area contributed by atoms with Crippen molar-refractivity contribution in [2.45, 2.75) is 0 Å². The Hall–Kier alpha value is -2.18. The summed E-state index contributed by atoms with van der Waals surface area (Å²) >= 11 is 0. The number of Topliss-reactive ketones (excluding diaryl/α,β-unsaturated/α-hetero) is 1. The monoisotopic (exact) mass is 274 g/mol. The van der Waals surface area contributed by atoms with Crippen LogP contribution in [0.1, 0.15) is 10.4 Å². The van der Waals surface area contributed by atoms with Crippen molar-refractivity contribution < 1.29 is 24.0 Å². The Morgan fingerprint density at radius 2 is 1.85 bits per heavy atom. The van der Waals surface area contributed by atoms with Gasteiger partial charge in [0.05, 0.1) is 0 Å². The van der Waals surface area contributed by atoms with Gasteiger partial charge >= 0.3 is 7.12 Å². The van der Waals surface area contributed by atoms with E-state index in [-0.39, 0.29) is 23.6 Å². The van der Waals surface area contributed by atoms with Gasteiger partial charge in [-0.05, 0) is 6.07 Å². The highest BCUT2D eigenvalue weighted by atomic mass is 19.1. The summed E-state index contributed by atoms with van der Waals surface area (Å²) in [4.78, 5) is 11.8. The molecule has 0 aromatic heterocycles. The number of hydrogen-bond donors (Lipinski definition) is 2. The summed E-state index contributed by atoms with van der Waals surface area (Å²) in [6.07, 6.45) is 0. The molecule has 0 heterocycles. The van der Waals surface area contributed by atoms with Crippen molar-refractivity contribution in [2.75, 3.05) is 6.61 Å². The largest absolute Gasteiger partial charge is 0.491 e. The Balaban J connectivity index is 2.01. The summed E-state index contributed by atoms with van der Waals surface area (Å²) in [6.45, 7) is -0.218. The fourth-order valence-electron chi connectivity index (χ4n) is 1.66. The standard InChI is InChI=1S/C14H12BFO4/c16-13-8-11(6-7-12(13)15(18)19)20-9-14(17)10-4-2-1-3-5-10/h1-8,18-19H,9H2. The predicted molar refractivity (Wildman–Crippen MR) is 72.5 cm³/mol. The maximum atomic E-state index is 13.5. The quantitative estimate of drug-likeness (QED) is 0.624. The summed E-state index contributed by atoms with van der Waals surface area (Å²) < 4.78 is 18.6. The Kier molecular flexibility index (Phi) is 4.50. The third-order valence-corrected chi connectivity index (χ3v) is 2.72. The zero-order chi connectivity index (χ0) is 14.5. The van der Waals surface area contributed by atoms with E-state index in [0.29, 0.717) is 5.56 Å². The number of carbonyl (C=O) groups is 1. The number of ether oxygens (including phenoxy) is 1. The molecular weight excluding hydrogens is 262 g/mol. The maximum Gasteiger partial charge on any atom is 0.491 e. The van der Waals surface area contributed by atoms with Gasteiger partial charge in [0.15, 0.2) is 12.4 Å². The first-order chi connectivity index (χ1) is 9.58. The zero-order valence-corrected chi connectivity index (χ0v) is 10.5. The van der Waals surface area contributed by atoms with Gasteiger partial charge in [0.25, 0.3) is 0 Å². The molecule has 0 aliphatic rings. The van der Waals surface area contributed by atoms with E-state index in [1.165, 1.54) is 12.1 Å². The lowest BCUT2D eigenvalue weighted by molar-refractivity contribution is 0.0921. The van der Waals surface area contributed by atoms with Crippen LogP contribution in [0.4, 0.5) is 4.39 Å². The van der Waals surface area contributed by atoms with Gasteiger partial charge in [-0.15, -0.1) is 0 Å². The molecule has 0 fully saturated rings. The van der Waals surface area contributed by atoms with Crippen LogP contribution in [0, 0.1) is 5.82 Å². The predicted octanol–water partition coefficient (Wildman–Crippen LogP) is 0.767. The van der Waals surface area contributed by atoms with Gasteiger partial charge in [-0.2, -0.15) is 0 Å². The summed E-state index contributed by atoms with van der Waals surface area (Å²) in [6, 6.07) is 12.2. The van der Waals surface area contributed by atoms with Crippen LogP contribution in [0.2, 0.25) is 0 Å². The Bertz CT molecular complexity index is 601. The van der Waals surface area contributed by atoms with Gasteiger partial charge in [0.1, 0.15) is 11.6 Å². The first-order valence-electron chi connectivity index (χ1n) is 5.94. The Labute approximate surface area is 115 Å². The third kappa shape index (κ3) is 3.43. The van der Waals surface area contributed by atoms with Crippen molar-refractivity contribution >= 4 is 18.4 Å². The average Bonchev–Trinajstić information content (AvgIpc) is 2.45. The highest BCUT2D eigenvalue weighted by Gasteiger charge is 2.17. The number of rotatable bonds is 5. The molecule has 2 aromatic carbocycles. The molecular formula is C14H12BFO4. The second-order valence-corrected chi connectivity index (χ2v) is 4.13. The van der Waals surface area contributed by atoms with Crippen molar-refractivity contribution in [3.63, 3.8) is 0 Å². The molecule has 0 saturated heterocycles. The summed E-state index contributed by atoms with van der Waals surface area (Å²) in [5.41, 5.74) is 0.266. The molecule has 0 aliphatic heterocycles. The van der Waals surface area contributed by atoms with Crippen molar-refractivity contribution in [2.24, 2.45) is 0 Å². The summed E-state index contributed by atoms with van der Waals surface area (Å²) in [5, 5.41) is 17.8. The fraction of sp³-hybridized carbons (Fsp3) is 0.0714. The van der Waals surface area contributed by atoms with Crippen LogP contribution in [0.5, 0.6) is 5.75 Å². The molecule has 2 N–H and O–H groups in total. The minimum absolute atomic E-state index is 0.149. The number of carbonyl (C=O) groups excluding carboxylic acids is 1. The van der Waals surface area contributed by atoms with E-state index in [1.807, 2.05) is 0 Å². The molecule has 0 spiro atoms. The van der Waals surface area contributed by atoms with Gasteiger partial charge in [-0.25, -0.2) is 4.39 Å². The minimum Gasteiger partial charge on any atom is -0.485 e. The van der Waals surface area contributed by atoms with Crippen molar-refractivity contribution in [3.05, 3.63) is 59.9 Å². The Morgan fingerprint density at radius 3 is 2.45 bits per heavy atom. The molecule has 0 atom stereocenters. The fourth-order valence-corrected chi connectivity index (χ4v) is 1.66. The van der Waals surface area contributed by atoms with Crippen LogP contribution in [-0.4, -0.2) is 29.6 Å². The number of hydrogen-bond acceptors (Lipinski definition) is 4. The van der Waals surface area contributed by atoms with Crippen molar-refractivity contribution in [1.29, 1.82) is 0 Å². The van der Waals surface area contributed by atoms with E-state index >= 15 is 0 Å². The van der Waals surface area contributed by atoms with Crippen molar-refractivity contribution in [3.8, 4) is 5.75 Å². The van der Waals surface area contributed by atoms with E-state index in [4.69, 9.17) is 14.8 Å². The first kappa shape index (κ1) is 14.2. The summed E-state index contributed by atoms with van der Waals surface area (Å²) in [5.74, 6) is -0.877. The number of halogens is 1. The molecule has 0 bridgehead atoms. The summed E-state index contributed by atoms with van der Waals surface area (Å²) in [7, 11) is -1.88. The minimum atomic E-state index is -1.88. The lowest BCUT2D eigenvalue weighted by Crippen LogP contribution is -2.32. The molecule has 2 rings (SSSR count). The maximum absolute atomic E-state index is 13.5. The van der Waals surface area contributed by atoms with Crippen molar-refractivity contribution in [1.82, 2.24) is 0 Å². The van der Waals surface area contributed by atoms with Crippen LogP contribution >= 0.6 is 0 Å². The zero-order valence-electron chi connectivity index (χ0n) is 10.5. The lowest BCUT2D eigenvalue weighted by atomic mass is 9.80. The highest BCUT2D eigenvalue weighted by Crippen LogP contribution is 2.12. The van der Waals surface area contributed by atoms with Gasteiger partial charge in [-0.3, -0.25) is 4.79 Å². The molecule has 0 saturated carbocycles. The molecule has 20 heavy (non-hydrogen) atoms. The Morgan fingerprint density at radius 1 is 1.15 bits per heavy atom. The van der Waals surface area contributed by atoms with Gasteiger partial charge in [0, 0.05) is 17.1 Å². The highest BCUT2D eigenvalue weighted by molar-refractivity contribution is 6.58. The topological polar surface area (TPSA) is 66.8 Å². The molecule has 102 valence electrons. The second-order valence-electron chi connectivity index (χ2n) is 4.13. The average molecular weight is 274 g/mol. The smallest absolute Gasteiger partial charge is 0.485 e. The second kappa shape index (κ2) is 6.32. The van der Waals surface area contributed by atoms with Crippen LogP contribution in [0.25, 0.3) is 0 Å². The van der Waals surface area contributed by atoms with Gasteiger partial charge < -0.3 is 14.8 Å². The van der Waals surface area contributed by atoms with E-state index in [2.05, 4.69) is 0 Å². The van der Waals surface area contributed by atoms with Gasteiger partial charge in [0.2, 0.25) is 0 Å². The molecule has 0 amide bonds. The normalized spacial score (nSPS) is 10.2. The molecule has 6 heteroatoms. The van der Waals surface area contributed by atoms with E-state index in [0.717, 1.165) is 6.07 Å². The van der Waals surface area contributed by atoms with Crippen LogP contribution in [-0.2, 0) is 0 Å². The van der Waals surface area contributed by atoms with Crippen LogP contribution in [0.15, 0.2) is 48.5 Å². The van der Waals surface area contributed by atoms with Crippen LogP contribution in [0.3, 0.4) is 0 Å². The number of ketones is 1. The van der Waals surface area contributed by atoms with E-state index in [9.17, 15) is 9.18 Å². The SMILES string of the molecule is O=C(COc1ccc(B(O)O)c(F)c1)c1ccccc1.